The van der Waals surface area contributed by atoms with Gasteiger partial charge in [-0.1, -0.05) is 41.9 Å². The van der Waals surface area contributed by atoms with Crippen LogP contribution in [0.4, 0.5) is 4.79 Å². The molecule has 1 aromatic heterocycles. The zero-order valence-corrected chi connectivity index (χ0v) is 19.6. The molecule has 0 saturated carbocycles. The second-order valence-corrected chi connectivity index (χ2v) is 8.07. The first-order valence-corrected chi connectivity index (χ1v) is 10.9. The van der Waals surface area contributed by atoms with Crippen LogP contribution < -0.4 is 10.1 Å². The number of urea groups is 1. The van der Waals surface area contributed by atoms with Gasteiger partial charge in [0.15, 0.2) is 0 Å². The molecule has 0 bridgehead atoms. The van der Waals surface area contributed by atoms with Crippen LogP contribution in [0.2, 0.25) is 5.02 Å². The van der Waals surface area contributed by atoms with Crippen LogP contribution >= 0.6 is 11.6 Å². The smallest absolute Gasteiger partial charge is 0.317 e. The Hall–Kier alpha value is -3.03. The quantitative estimate of drug-likeness (QED) is 0.481. The highest BCUT2D eigenvalue weighted by Gasteiger charge is 2.24. The number of para-hydroxylation sites is 2. The number of carbonyl (C=O) groups excluding carboxylic acids is 1. The number of ether oxygens (including phenoxy) is 2. The fraction of sp³-hybridized carbons (Fsp3) is 0.333. The van der Waals surface area contributed by atoms with E-state index >= 15 is 0 Å². The van der Waals surface area contributed by atoms with Crippen molar-refractivity contribution in [3.05, 3.63) is 70.9 Å². The fourth-order valence-corrected chi connectivity index (χ4v) is 3.36. The normalized spacial score (nSPS) is 10.9. The van der Waals surface area contributed by atoms with Crippen LogP contribution in [0.5, 0.6) is 11.6 Å². The number of aromatic nitrogens is 2. The van der Waals surface area contributed by atoms with Gasteiger partial charge in [0, 0.05) is 19.7 Å². The highest BCUT2D eigenvalue weighted by molar-refractivity contribution is 6.32. The lowest BCUT2D eigenvalue weighted by molar-refractivity contribution is 0.145. The summed E-state index contributed by atoms with van der Waals surface area (Å²) in [7, 11) is 1.61. The average Bonchev–Trinajstić information content (AvgIpc) is 3.07. The predicted molar refractivity (Wildman–Crippen MR) is 126 cm³/mol. The number of benzene rings is 2. The maximum Gasteiger partial charge on any atom is 0.317 e. The van der Waals surface area contributed by atoms with Crippen molar-refractivity contribution in [2.24, 2.45) is 0 Å². The van der Waals surface area contributed by atoms with Gasteiger partial charge in [-0.25, -0.2) is 9.48 Å². The van der Waals surface area contributed by atoms with Crippen molar-refractivity contribution in [1.29, 1.82) is 0 Å². The van der Waals surface area contributed by atoms with Crippen molar-refractivity contribution in [1.82, 2.24) is 20.0 Å². The molecule has 170 valence electrons. The third-order valence-electron chi connectivity index (χ3n) is 4.79. The molecule has 32 heavy (non-hydrogen) atoms. The maximum atomic E-state index is 12.8. The second-order valence-electron chi connectivity index (χ2n) is 7.67. The summed E-state index contributed by atoms with van der Waals surface area (Å²) in [4.78, 5) is 14.5. The predicted octanol–water partition coefficient (Wildman–Crippen LogP) is 5.19. The molecule has 0 saturated heterocycles. The topological polar surface area (TPSA) is 68.6 Å². The van der Waals surface area contributed by atoms with E-state index in [2.05, 4.69) is 5.32 Å². The van der Waals surface area contributed by atoms with Crippen LogP contribution in [-0.4, -0.2) is 47.0 Å². The third-order valence-corrected chi connectivity index (χ3v) is 5.11. The van der Waals surface area contributed by atoms with Gasteiger partial charge in [-0.2, -0.15) is 5.10 Å². The summed E-state index contributed by atoms with van der Waals surface area (Å²) in [5.41, 5.74) is 2.40. The Balaban J connectivity index is 2.04. The lowest BCUT2D eigenvalue weighted by Gasteiger charge is -2.24. The molecule has 0 aliphatic rings. The average molecular weight is 457 g/mol. The number of rotatable bonds is 9. The van der Waals surface area contributed by atoms with E-state index in [-0.39, 0.29) is 12.1 Å². The molecule has 0 fully saturated rings. The number of carbonyl (C=O) groups is 1. The number of amides is 2. The molecule has 0 radical (unpaired) electrons. The Morgan fingerprint density at radius 1 is 1.16 bits per heavy atom. The fourth-order valence-electron chi connectivity index (χ4n) is 3.18. The molecule has 7 nitrogen and oxygen atoms in total. The van der Waals surface area contributed by atoms with E-state index in [1.54, 1.807) is 28.8 Å². The van der Waals surface area contributed by atoms with Gasteiger partial charge < -0.3 is 19.7 Å². The van der Waals surface area contributed by atoms with Crippen LogP contribution in [0.1, 0.15) is 25.1 Å². The summed E-state index contributed by atoms with van der Waals surface area (Å²) >= 11 is 6.37. The van der Waals surface area contributed by atoms with Crippen LogP contribution in [-0.2, 0) is 11.3 Å². The van der Waals surface area contributed by atoms with Crippen LogP contribution in [0.15, 0.2) is 54.6 Å². The van der Waals surface area contributed by atoms with Crippen molar-refractivity contribution in [3.8, 4) is 17.3 Å². The largest absolute Gasteiger partial charge is 0.437 e. The third kappa shape index (κ3) is 5.81. The molecule has 0 aliphatic heterocycles. The molecule has 2 aromatic carbocycles. The number of nitrogens with zero attached hydrogens (tertiary/aromatic N) is 3. The molecule has 1 N–H and O–H groups in total. The Morgan fingerprint density at radius 2 is 1.84 bits per heavy atom. The van der Waals surface area contributed by atoms with E-state index in [9.17, 15) is 4.79 Å². The van der Waals surface area contributed by atoms with Crippen LogP contribution in [0.25, 0.3) is 5.69 Å². The van der Waals surface area contributed by atoms with E-state index in [0.29, 0.717) is 36.3 Å². The Labute approximate surface area is 193 Å². The van der Waals surface area contributed by atoms with Crippen LogP contribution in [0, 0.1) is 6.92 Å². The number of hydrogen-bond acceptors (Lipinski definition) is 4. The molecule has 0 atom stereocenters. The molecule has 0 spiro atoms. The first kappa shape index (κ1) is 23.6. The number of hydrogen-bond donors (Lipinski definition) is 1. The molecule has 8 heteroatoms. The summed E-state index contributed by atoms with van der Waals surface area (Å²) in [5.74, 6) is 1.03. The first-order valence-electron chi connectivity index (χ1n) is 10.5. The lowest BCUT2D eigenvalue weighted by Crippen LogP contribution is -2.44. The van der Waals surface area contributed by atoms with Crippen LogP contribution in [0.3, 0.4) is 0 Å². The van der Waals surface area contributed by atoms with E-state index in [4.69, 9.17) is 26.2 Å². The van der Waals surface area contributed by atoms with Crippen molar-refractivity contribution < 1.29 is 14.3 Å². The van der Waals surface area contributed by atoms with E-state index in [0.717, 1.165) is 16.9 Å². The van der Waals surface area contributed by atoms with Gasteiger partial charge in [0.25, 0.3) is 0 Å². The molecule has 0 unspecified atom stereocenters. The summed E-state index contributed by atoms with van der Waals surface area (Å²) < 4.78 is 13.3. The first-order chi connectivity index (χ1) is 15.4. The highest BCUT2D eigenvalue weighted by Crippen LogP contribution is 2.34. The molecular weight excluding hydrogens is 428 g/mol. The summed E-state index contributed by atoms with van der Waals surface area (Å²) in [6, 6.07) is 16.8. The number of halogens is 1. The summed E-state index contributed by atoms with van der Waals surface area (Å²) in [6.07, 6.45) is 0. The zero-order chi connectivity index (χ0) is 23.1. The maximum absolute atomic E-state index is 12.8. The molecule has 1 heterocycles. The molecule has 3 rings (SSSR count). The minimum absolute atomic E-state index is 0.0135. The Kier molecular flexibility index (Phi) is 8.14. The van der Waals surface area contributed by atoms with E-state index in [1.165, 1.54) is 0 Å². The van der Waals surface area contributed by atoms with Crippen molar-refractivity contribution in [2.45, 2.75) is 33.4 Å². The number of aryl methyl sites for hydroxylation is 1. The van der Waals surface area contributed by atoms with Crippen molar-refractivity contribution >= 4 is 17.6 Å². The minimum atomic E-state index is -0.174. The highest BCUT2D eigenvalue weighted by atomic mass is 35.5. The van der Waals surface area contributed by atoms with E-state index in [1.807, 2.05) is 63.2 Å². The number of nitrogens with one attached hydrogen (secondary N) is 1. The van der Waals surface area contributed by atoms with E-state index < -0.39 is 0 Å². The minimum Gasteiger partial charge on any atom is -0.437 e. The van der Waals surface area contributed by atoms with Gasteiger partial charge in [0.1, 0.15) is 5.75 Å². The Morgan fingerprint density at radius 3 is 2.50 bits per heavy atom. The van der Waals surface area contributed by atoms with Gasteiger partial charge in [0.2, 0.25) is 5.88 Å². The van der Waals surface area contributed by atoms with Gasteiger partial charge in [-0.3, -0.25) is 0 Å². The van der Waals surface area contributed by atoms with Gasteiger partial charge >= 0.3 is 6.03 Å². The molecule has 2 amide bonds. The molecule has 0 aliphatic carbocycles. The summed E-state index contributed by atoms with van der Waals surface area (Å²) in [5, 5.41) is 8.16. The zero-order valence-electron chi connectivity index (χ0n) is 18.8. The lowest BCUT2D eigenvalue weighted by atomic mass is 10.2. The van der Waals surface area contributed by atoms with Gasteiger partial charge in [-0.15, -0.1) is 0 Å². The monoisotopic (exact) mass is 456 g/mol. The Bertz CT molecular complexity index is 1040. The van der Waals surface area contributed by atoms with Crippen molar-refractivity contribution in [3.63, 3.8) is 0 Å². The molecular formula is C24H29ClN4O3. The van der Waals surface area contributed by atoms with Gasteiger partial charge in [-0.05, 0) is 45.0 Å². The summed E-state index contributed by atoms with van der Waals surface area (Å²) in [6.45, 7) is 6.91. The molecule has 3 aromatic rings. The SMILES string of the molecule is COCCN(Cc1c(C)nn(-c2ccccc2)c1Oc1ccccc1Cl)C(=O)NC(C)C. The van der Waals surface area contributed by atoms with Crippen molar-refractivity contribution in [2.75, 3.05) is 20.3 Å². The number of methoxy groups -OCH3 is 1. The second kappa shape index (κ2) is 11.0. The standard InChI is InChI=1S/C24H29ClN4O3/c1-17(2)26-24(30)28(14-15-31-4)16-20-18(3)27-29(19-10-6-5-7-11-19)23(20)32-22-13-9-8-12-21(22)25/h5-13,17H,14-16H2,1-4H3,(H,26,30). The van der Waals surface area contributed by atoms with Gasteiger partial charge in [0.05, 0.1) is 35.1 Å².